The molecule has 0 saturated carbocycles. The number of nitrogens with one attached hydrogen (secondary N) is 2. The lowest BCUT2D eigenvalue weighted by Gasteiger charge is -2.13. The van der Waals surface area contributed by atoms with Crippen LogP contribution in [0.25, 0.3) is 0 Å². The average molecular weight is 390 g/mol. The Labute approximate surface area is 158 Å². The number of ether oxygens (including phenoxy) is 2. The molecule has 0 aromatic carbocycles. The van der Waals surface area contributed by atoms with E-state index in [2.05, 4.69) is 27.5 Å². The van der Waals surface area contributed by atoms with E-state index in [1.807, 2.05) is 6.92 Å². The first kappa shape index (κ1) is 23.0. The van der Waals surface area contributed by atoms with Gasteiger partial charge in [-0.05, 0) is 25.8 Å². The number of alkyl halides is 3. The molecule has 9 heteroatoms. The van der Waals surface area contributed by atoms with Crippen molar-refractivity contribution in [2.45, 2.75) is 45.8 Å². The molecular weight excluding hydrogens is 361 g/mol. The van der Waals surface area contributed by atoms with Crippen LogP contribution in [0.1, 0.15) is 38.7 Å². The number of nitrogens with zero attached hydrogens (tertiary/aromatic N) is 2. The van der Waals surface area contributed by atoms with E-state index >= 15 is 0 Å². The van der Waals surface area contributed by atoms with Crippen molar-refractivity contribution in [3.63, 3.8) is 0 Å². The van der Waals surface area contributed by atoms with E-state index in [0.29, 0.717) is 31.2 Å². The molecule has 6 nitrogen and oxygen atoms in total. The summed E-state index contributed by atoms with van der Waals surface area (Å²) in [5.41, 5.74) is 0.488. The Balaban J connectivity index is 2.52. The molecule has 0 amide bonds. The van der Waals surface area contributed by atoms with Gasteiger partial charge in [0.05, 0.1) is 6.54 Å². The Hall–Kier alpha value is -2.03. The van der Waals surface area contributed by atoms with Crippen molar-refractivity contribution < 1.29 is 22.6 Å². The maximum absolute atomic E-state index is 12.3. The molecule has 1 rings (SSSR count). The van der Waals surface area contributed by atoms with Crippen molar-refractivity contribution in [3.05, 3.63) is 23.9 Å². The van der Waals surface area contributed by atoms with E-state index in [1.165, 1.54) is 6.20 Å². The first-order chi connectivity index (χ1) is 13.0. The summed E-state index contributed by atoms with van der Waals surface area (Å²) in [4.78, 5) is 8.26. The number of halogens is 3. The third kappa shape index (κ3) is 11.3. The van der Waals surface area contributed by atoms with Gasteiger partial charge in [0.1, 0.15) is 0 Å². The van der Waals surface area contributed by atoms with Crippen molar-refractivity contribution in [3.8, 4) is 5.88 Å². The predicted octanol–water partition coefficient (Wildman–Crippen LogP) is 3.28. The number of aromatic nitrogens is 1. The molecule has 1 heterocycles. The first-order valence-electron chi connectivity index (χ1n) is 9.19. The number of guanidine groups is 1. The molecule has 2 N–H and O–H groups in total. The van der Waals surface area contributed by atoms with Crippen molar-refractivity contribution in [1.29, 1.82) is 0 Å². The summed E-state index contributed by atoms with van der Waals surface area (Å²) in [6.07, 6.45) is -0.0184. The van der Waals surface area contributed by atoms with Gasteiger partial charge in [-0.15, -0.1) is 0 Å². The fourth-order valence-corrected chi connectivity index (χ4v) is 2.06. The van der Waals surface area contributed by atoms with Crippen LogP contribution in [0.3, 0.4) is 0 Å². The number of pyridine rings is 1. The molecule has 27 heavy (non-hydrogen) atoms. The van der Waals surface area contributed by atoms with Gasteiger partial charge >= 0.3 is 6.18 Å². The molecule has 0 saturated heterocycles. The van der Waals surface area contributed by atoms with E-state index in [9.17, 15) is 13.2 Å². The highest BCUT2D eigenvalue weighted by Gasteiger charge is 2.29. The molecule has 0 unspecified atom stereocenters. The second kappa shape index (κ2) is 13.2. The predicted molar refractivity (Wildman–Crippen MR) is 98.9 cm³/mol. The Morgan fingerprint density at radius 1 is 1.19 bits per heavy atom. The van der Waals surface area contributed by atoms with Crippen LogP contribution in [0.4, 0.5) is 13.2 Å². The summed E-state index contributed by atoms with van der Waals surface area (Å²) in [5, 5.41) is 6.27. The molecule has 0 spiro atoms. The molecule has 1 aromatic rings. The normalized spacial score (nSPS) is 12.1. The summed E-state index contributed by atoms with van der Waals surface area (Å²) in [7, 11) is 0. The second-order valence-corrected chi connectivity index (χ2v) is 5.81. The van der Waals surface area contributed by atoms with Crippen LogP contribution in [0.15, 0.2) is 23.3 Å². The van der Waals surface area contributed by atoms with Gasteiger partial charge in [-0.1, -0.05) is 19.4 Å². The van der Waals surface area contributed by atoms with E-state index in [0.717, 1.165) is 25.9 Å². The van der Waals surface area contributed by atoms with Crippen molar-refractivity contribution in [2.24, 2.45) is 4.99 Å². The number of aliphatic imine (C=N–C) groups is 1. The minimum absolute atomic E-state index is 0.0567. The highest BCUT2D eigenvalue weighted by atomic mass is 19.4. The van der Waals surface area contributed by atoms with Crippen LogP contribution in [-0.2, 0) is 11.3 Å². The molecule has 154 valence electrons. The highest BCUT2D eigenvalue weighted by molar-refractivity contribution is 5.79. The van der Waals surface area contributed by atoms with E-state index in [4.69, 9.17) is 9.47 Å². The third-order valence-electron chi connectivity index (χ3n) is 3.37. The van der Waals surface area contributed by atoms with Gasteiger partial charge in [0, 0.05) is 38.1 Å². The Morgan fingerprint density at radius 2 is 1.96 bits per heavy atom. The summed E-state index contributed by atoms with van der Waals surface area (Å²) < 4.78 is 47.3. The summed E-state index contributed by atoms with van der Waals surface area (Å²) in [6.45, 7) is 5.63. The summed E-state index contributed by atoms with van der Waals surface area (Å²) in [6, 6.07) is 3.28. The lowest BCUT2D eigenvalue weighted by Crippen LogP contribution is -2.38. The van der Waals surface area contributed by atoms with Crippen molar-refractivity contribution in [1.82, 2.24) is 15.6 Å². The van der Waals surface area contributed by atoms with Gasteiger partial charge in [-0.3, -0.25) is 0 Å². The fourth-order valence-electron chi connectivity index (χ4n) is 2.06. The second-order valence-electron chi connectivity index (χ2n) is 5.81. The molecule has 0 aliphatic rings. The van der Waals surface area contributed by atoms with E-state index in [-0.39, 0.29) is 12.4 Å². The van der Waals surface area contributed by atoms with Crippen LogP contribution in [-0.4, -0.2) is 50.0 Å². The van der Waals surface area contributed by atoms with Crippen LogP contribution in [0.5, 0.6) is 5.88 Å². The van der Waals surface area contributed by atoms with Crippen LogP contribution in [0, 0.1) is 0 Å². The van der Waals surface area contributed by atoms with Crippen LogP contribution >= 0.6 is 0 Å². The molecule has 0 radical (unpaired) electrons. The van der Waals surface area contributed by atoms with Gasteiger partial charge in [0.15, 0.2) is 12.6 Å². The third-order valence-corrected chi connectivity index (χ3v) is 3.37. The summed E-state index contributed by atoms with van der Waals surface area (Å²) in [5.74, 6) is 0.524. The van der Waals surface area contributed by atoms with Crippen LogP contribution in [0.2, 0.25) is 0 Å². The first-order valence-corrected chi connectivity index (χ1v) is 9.19. The lowest BCUT2D eigenvalue weighted by molar-refractivity contribution is -0.154. The average Bonchev–Trinajstić information content (AvgIpc) is 2.63. The molecule has 0 bridgehead atoms. The van der Waals surface area contributed by atoms with Gasteiger partial charge < -0.3 is 20.1 Å². The topological polar surface area (TPSA) is 67.8 Å². The quantitative estimate of drug-likeness (QED) is 0.326. The van der Waals surface area contributed by atoms with Crippen LogP contribution < -0.4 is 15.4 Å². The van der Waals surface area contributed by atoms with Gasteiger partial charge in [0.2, 0.25) is 5.88 Å². The van der Waals surface area contributed by atoms with Gasteiger partial charge in [0.25, 0.3) is 0 Å². The Morgan fingerprint density at radius 3 is 2.67 bits per heavy atom. The molecule has 0 atom stereocenters. The van der Waals surface area contributed by atoms with E-state index in [1.54, 1.807) is 12.1 Å². The zero-order chi connectivity index (χ0) is 20.0. The van der Waals surface area contributed by atoms with Crippen molar-refractivity contribution in [2.75, 3.05) is 32.9 Å². The number of unbranched alkanes of at least 4 members (excludes halogenated alkanes) is 1. The minimum atomic E-state index is -4.41. The molecule has 0 fully saturated rings. The molecule has 0 aliphatic carbocycles. The molecule has 1 aromatic heterocycles. The highest BCUT2D eigenvalue weighted by Crippen LogP contribution is 2.20. The maximum Gasteiger partial charge on any atom is 0.422 e. The minimum Gasteiger partial charge on any atom is -0.468 e. The Bertz CT molecular complexity index is 554. The SMILES string of the molecule is CCCCOCCCNC(=NCc1cccnc1OCC(F)(F)F)NCC. The zero-order valence-corrected chi connectivity index (χ0v) is 15.9. The molecule has 0 aliphatic heterocycles. The zero-order valence-electron chi connectivity index (χ0n) is 15.9. The monoisotopic (exact) mass is 390 g/mol. The molecular formula is C18H29F3N4O2. The Kier molecular flexibility index (Phi) is 11.2. The number of rotatable bonds is 12. The summed E-state index contributed by atoms with van der Waals surface area (Å²) >= 11 is 0. The number of hydrogen-bond acceptors (Lipinski definition) is 4. The maximum atomic E-state index is 12.3. The van der Waals surface area contributed by atoms with Gasteiger partial charge in [-0.2, -0.15) is 13.2 Å². The van der Waals surface area contributed by atoms with E-state index < -0.39 is 12.8 Å². The van der Waals surface area contributed by atoms with Gasteiger partial charge in [-0.25, -0.2) is 9.98 Å². The van der Waals surface area contributed by atoms with Crippen molar-refractivity contribution >= 4 is 5.96 Å². The fraction of sp³-hybridized carbons (Fsp3) is 0.667. The standard InChI is InChI=1S/C18H29F3N4O2/c1-3-5-11-26-12-7-10-24-17(22-4-2)25-13-15-8-6-9-23-16(15)27-14-18(19,20)21/h6,8-9H,3-5,7,10-14H2,1-2H3,(H2,22,24,25). The smallest absolute Gasteiger partial charge is 0.422 e. The largest absolute Gasteiger partial charge is 0.468 e. The lowest BCUT2D eigenvalue weighted by atomic mass is 10.3. The number of hydrogen-bond donors (Lipinski definition) is 2.